The molecule has 0 unspecified atom stereocenters. The zero-order valence-corrected chi connectivity index (χ0v) is 13.9. The molecular weight excluding hydrogens is 302 g/mol. The minimum absolute atomic E-state index is 0.0348. The lowest BCUT2D eigenvalue weighted by Crippen LogP contribution is -2.23. The Morgan fingerprint density at radius 2 is 1.88 bits per heavy atom. The molecule has 0 spiro atoms. The summed E-state index contributed by atoms with van der Waals surface area (Å²) in [6, 6.07) is 8.32. The van der Waals surface area contributed by atoms with E-state index in [0.717, 1.165) is 32.6 Å². The second-order valence-corrected chi connectivity index (χ2v) is 6.34. The molecule has 2 aromatic heterocycles. The maximum Gasteiger partial charge on any atom is 0.259 e. The molecule has 0 saturated carbocycles. The summed E-state index contributed by atoms with van der Waals surface area (Å²) in [6.07, 6.45) is 5.20. The summed E-state index contributed by atoms with van der Waals surface area (Å²) in [5.74, 6) is 0. The molecule has 1 aliphatic rings. The van der Waals surface area contributed by atoms with Gasteiger partial charge in [-0.2, -0.15) is 0 Å². The van der Waals surface area contributed by atoms with Crippen molar-refractivity contribution in [2.75, 3.05) is 6.54 Å². The average Bonchev–Trinajstić information content (AvgIpc) is 2.84. The smallest absolute Gasteiger partial charge is 0.259 e. The van der Waals surface area contributed by atoms with E-state index in [0.29, 0.717) is 12.1 Å². The van der Waals surface area contributed by atoms with Gasteiger partial charge in [-0.1, -0.05) is 17.7 Å². The Labute approximate surface area is 139 Å². The minimum atomic E-state index is -0.0348. The first-order valence-electron chi connectivity index (χ1n) is 7.90. The Hall–Kier alpha value is -2.79. The third-order valence-electron chi connectivity index (χ3n) is 4.74. The maximum absolute atomic E-state index is 12.9. The van der Waals surface area contributed by atoms with Crippen LogP contribution in [-0.2, 0) is 14.1 Å². The van der Waals surface area contributed by atoms with Crippen molar-refractivity contribution in [1.29, 1.82) is 0 Å². The van der Waals surface area contributed by atoms with Gasteiger partial charge in [0, 0.05) is 36.6 Å². The van der Waals surface area contributed by atoms with Crippen molar-refractivity contribution in [3.05, 3.63) is 64.1 Å². The average molecular weight is 321 g/mol. The topological polar surface area (TPSA) is 50.4 Å². The van der Waals surface area contributed by atoms with E-state index in [1.165, 1.54) is 5.56 Å². The van der Waals surface area contributed by atoms with Crippen LogP contribution in [0.15, 0.2) is 47.4 Å². The first kappa shape index (κ1) is 14.8. The van der Waals surface area contributed by atoms with Crippen LogP contribution in [0.5, 0.6) is 0 Å². The molecule has 1 aromatic carbocycles. The number of aromatic nitrogens is 2. The molecule has 0 atom stereocenters. The van der Waals surface area contributed by atoms with E-state index < -0.39 is 0 Å². The Morgan fingerprint density at radius 3 is 2.58 bits per heavy atom. The minimum Gasteiger partial charge on any atom is -0.330 e. The number of hydroxylamine groups is 2. The molecule has 1 aliphatic heterocycles. The number of allylic oxidation sites excluding steroid dienone is 2. The van der Waals surface area contributed by atoms with Gasteiger partial charge in [0.25, 0.3) is 5.56 Å². The maximum atomic E-state index is 12.9. The first-order chi connectivity index (χ1) is 11.5. The molecule has 5 heteroatoms. The summed E-state index contributed by atoms with van der Waals surface area (Å²) in [5.41, 5.74) is 4.67. The van der Waals surface area contributed by atoms with Gasteiger partial charge >= 0.3 is 0 Å². The normalized spacial score (nSPS) is 14.7. The van der Waals surface area contributed by atoms with Crippen molar-refractivity contribution in [2.45, 2.75) is 6.92 Å². The van der Waals surface area contributed by atoms with Crippen LogP contribution in [0.1, 0.15) is 11.1 Å². The van der Waals surface area contributed by atoms with Crippen LogP contribution in [-0.4, -0.2) is 25.9 Å². The van der Waals surface area contributed by atoms with Crippen LogP contribution in [0.25, 0.3) is 27.5 Å². The van der Waals surface area contributed by atoms with Gasteiger partial charge in [0.1, 0.15) is 5.65 Å². The molecule has 0 fully saturated rings. The fourth-order valence-electron chi connectivity index (χ4n) is 3.50. The van der Waals surface area contributed by atoms with Gasteiger partial charge < -0.3 is 4.57 Å². The zero-order valence-electron chi connectivity index (χ0n) is 13.9. The molecule has 0 bridgehead atoms. The molecule has 5 nitrogen and oxygen atoms in total. The third kappa shape index (κ3) is 2.02. The fourth-order valence-corrected chi connectivity index (χ4v) is 3.50. The highest BCUT2D eigenvalue weighted by molar-refractivity contribution is 6.08. The number of hydrogen-bond acceptors (Lipinski definition) is 3. The Balaban J connectivity index is 2.09. The van der Waals surface area contributed by atoms with Gasteiger partial charge in [0.05, 0.1) is 12.1 Å². The summed E-state index contributed by atoms with van der Waals surface area (Å²) in [6.45, 7) is 2.45. The number of nitrogens with zero attached hydrogens (tertiary/aromatic N) is 3. The number of rotatable bonds is 1. The van der Waals surface area contributed by atoms with E-state index in [1.54, 1.807) is 16.8 Å². The molecule has 3 heterocycles. The quantitative estimate of drug-likeness (QED) is 0.750. The van der Waals surface area contributed by atoms with Gasteiger partial charge in [0.15, 0.2) is 0 Å². The predicted octanol–water partition coefficient (Wildman–Crippen LogP) is 2.94. The van der Waals surface area contributed by atoms with Gasteiger partial charge in [-0.25, -0.2) is 0 Å². The number of aryl methyl sites for hydroxylation is 3. The van der Waals surface area contributed by atoms with Gasteiger partial charge in [-0.3, -0.25) is 19.6 Å². The molecule has 122 valence electrons. The van der Waals surface area contributed by atoms with Crippen LogP contribution < -0.4 is 5.56 Å². The Bertz CT molecular complexity index is 1100. The van der Waals surface area contributed by atoms with E-state index in [9.17, 15) is 10.0 Å². The van der Waals surface area contributed by atoms with Crippen molar-refractivity contribution >= 4 is 27.5 Å². The van der Waals surface area contributed by atoms with Gasteiger partial charge in [-0.15, -0.1) is 0 Å². The lowest BCUT2D eigenvalue weighted by molar-refractivity contribution is -0.0299. The van der Waals surface area contributed by atoms with Crippen LogP contribution in [0.3, 0.4) is 0 Å². The van der Waals surface area contributed by atoms with E-state index >= 15 is 0 Å². The third-order valence-corrected chi connectivity index (χ3v) is 4.74. The van der Waals surface area contributed by atoms with Crippen molar-refractivity contribution < 1.29 is 5.21 Å². The monoisotopic (exact) mass is 321 g/mol. The molecule has 0 radical (unpaired) electrons. The fraction of sp³-hybridized carbons (Fsp3) is 0.211. The second-order valence-electron chi connectivity index (χ2n) is 6.34. The van der Waals surface area contributed by atoms with E-state index in [1.807, 2.05) is 26.2 Å². The highest BCUT2D eigenvalue weighted by atomic mass is 16.5. The van der Waals surface area contributed by atoms with Gasteiger partial charge in [0.2, 0.25) is 0 Å². The largest absolute Gasteiger partial charge is 0.330 e. The highest BCUT2D eigenvalue weighted by Crippen LogP contribution is 2.30. The number of hydrogen-bond donors (Lipinski definition) is 1. The summed E-state index contributed by atoms with van der Waals surface area (Å²) < 4.78 is 3.77. The van der Waals surface area contributed by atoms with E-state index in [-0.39, 0.29) is 5.56 Å². The van der Waals surface area contributed by atoms with Crippen LogP contribution >= 0.6 is 0 Å². The van der Waals surface area contributed by atoms with E-state index in [4.69, 9.17) is 0 Å². The molecule has 3 aromatic rings. The second kappa shape index (κ2) is 5.11. The number of pyridine rings is 1. The van der Waals surface area contributed by atoms with Gasteiger partial charge in [-0.05, 0) is 36.8 Å². The summed E-state index contributed by atoms with van der Waals surface area (Å²) in [7, 11) is 3.80. The summed E-state index contributed by atoms with van der Waals surface area (Å²) in [5, 5.41) is 12.8. The standard InChI is InChI=1S/C19H19N3O2/c1-12-4-5-17-15(10-12)16-11-14(13-6-8-22(24)9-7-13)19(23)21(3)18(16)20(17)2/h4-8,10-11,24H,9H2,1-3H3. The van der Waals surface area contributed by atoms with Crippen molar-refractivity contribution in [3.63, 3.8) is 0 Å². The van der Waals surface area contributed by atoms with Crippen molar-refractivity contribution in [1.82, 2.24) is 14.2 Å². The zero-order chi connectivity index (χ0) is 17.0. The lowest BCUT2D eigenvalue weighted by Gasteiger charge is -2.16. The molecule has 0 saturated heterocycles. The highest BCUT2D eigenvalue weighted by Gasteiger charge is 2.17. The number of benzene rings is 1. The molecule has 0 amide bonds. The predicted molar refractivity (Wildman–Crippen MR) is 96.0 cm³/mol. The van der Waals surface area contributed by atoms with Crippen LogP contribution in [0, 0.1) is 6.92 Å². The van der Waals surface area contributed by atoms with Crippen molar-refractivity contribution in [3.8, 4) is 0 Å². The number of fused-ring (bicyclic) bond motifs is 3. The molecular formula is C19H19N3O2. The SMILES string of the molecule is Cc1ccc2c(c1)c1cc(C3=CCN(O)C=C3)c(=O)n(C)c1n2C. The Morgan fingerprint density at radius 1 is 1.08 bits per heavy atom. The lowest BCUT2D eigenvalue weighted by atomic mass is 10.0. The molecule has 1 N–H and O–H groups in total. The summed E-state index contributed by atoms with van der Waals surface area (Å²) >= 11 is 0. The summed E-state index contributed by atoms with van der Waals surface area (Å²) in [4.78, 5) is 12.9. The molecule has 0 aliphatic carbocycles. The first-order valence-corrected chi connectivity index (χ1v) is 7.90. The molecule has 24 heavy (non-hydrogen) atoms. The Kier molecular flexibility index (Phi) is 3.15. The van der Waals surface area contributed by atoms with E-state index in [2.05, 4.69) is 29.7 Å². The van der Waals surface area contributed by atoms with Crippen LogP contribution in [0.2, 0.25) is 0 Å². The molecule has 4 rings (SSSR count). The van der Waals surface area contributed by atoms with Crippen molar-refractivity contribution in [2.24, 2.45) is 14.1 Å². The van der Waals surface area contributed by atoms with Crippen LogP contribution in [0.4, 0.5) is 0 Å².